The van der Waals surface area contributed by atoms with Gasteiger partial charge in [-0.1, -0.05) is 29.8 Å². The van der Waals surface area contributed by atoms with E-state index in [-0.39, 0.29) is 0 Å². The van der Waals surface area contributed by atoms with Gasteiger partial charge in [-0.15, -0.1) is 0 Å². The minimum atomic E-state index is -0.940. The zero-order chi connectivity index (χ0) is 17.1. The van der Waals surface area contributed by atoms with Gasteiger partial charge in [-0.2, -0.15) is 0 Å². The van der Waals surface area contributed by atoms with E-state index in [1.807, 2.05) is 58.9 Å². The maximum Gasteiger partial charge on any atom is 0.345 e. The molecule has 0 bridgehead atoms. The summed E-state index contributed by atoms with van der Waals surface area (Å²) in [7, 11) is 0. The van der Waals surface area contributed by atoms with Gasteiger partial charge >= 0.3 is 5.97 Å². The maximum absolute atomic E-state index is 11.7. The predicted molar refractivity (Wildman–Crippen MR) is 92.3 cm³/mol. The topological polar surface area (TPSA) is 46.5 Å². The Morgan fingerprint density at radius 3 is 2.35 bits per heavy atom. The lowest BCUT2D eigenvalue weighted by molar-refractivity contribution is -0.145. The van der Waals surface area contributed by atoms with Gasteiger partial charge in [0.25, 0.3) is 0 Å². The molecule has 3 nitrogen and oxygen atoms in total. The average Bonchev–Trinajstić information content (AvgIpc) is 2.46. The Kier molecular flexibility index (Phi) is 5.09. The number of carbonyl (C=O) groups is 1. The molecule has 23 heavy (non-hydrogen) atoms. The SMILES string of the molecule is Cc1ccc(C)c(C[C@H](Oc2cc(C)cc(C)c2C)C(=O)O)c1. The van der Waals surface area contributed by atoms with Crippen LogP contribution in [0.15, 0.2) is 30.3 Å². The van der Waals surface area contributed by atoms with Gasteiger partial charge in [-0.05, 0) is 68.5 Å². The molecule has 0 aliphatic carbocycles. The Labute approximate surface area is 137 Å². The van der Waals surface area contributed by atoms with E-state index >= 15 is 0 Å². The second kappa shape index (κ2) is 6.86. The number of hydrogen-bond acceptors (Lipinski definition) is 2. The predicted octanol–water partition coefficient (Wildman–Crippen LogP) is 4.30. The van der Waals surface area contributed by atoms with E-state index in [9.17, 15) is 9.90 Å². The van der Waals surface area contributed by atoms with Gasteiger partial charge in [0.15, 0.2) is 6.10 Å². The Morgan fingerprint density at radius 1 is 1.00 bits per heavy atom. The van der Waals surface area contributed by atoms with Crippen LogP contribution in [0.5, 0.6) is 5.75 Å². The third kappa shape index (κ3) is 4.13. The average molecular weight is 312 g/mol. The van der Waals surface area contributed by atoms with Gasteiger partial charge in [0.05, 0.1) is 0 Å². The zero-order valence-corrected chi connectivity index (χ0v) is 14.4. The van der Waals surface area contributed by atoms with Crippen LogP contribution in [0.4, 0.5) is 0 Å². The Balaban J connectivity index is 2.30. The third-order valence-corrected chi connectivity index (χ3v) is 4.22. The fourth-order valence-electron chi connectivity index (χ4n) is 2.68. The summed E-state index contributed by atoms with van der Waals surface area (Å²) in [6.07, 6.45) is -0.537. The van der Waals surface area contributed by atoms with Crippen LogP contribution in [-0.2, 0) is 11.2 Å². The molecule has 0 aromatic heterocycles. The Bertz CT molecular complexity index is 732. The molecule has 2 rings (SSSR count). The van der Waals surface area contributed by atoms with E-state index in [4.69, 9.17) is 4.74 Å². The number of benzene rings is 2. The van der Waals surface area contributed by atoms with Crippen LogP contribution in [0.1, 0.15) is 33.4 Å². The highest BCUT2D eigenvalue weighted by Crippen LogP contribution is 2.25. The van der Waals surface area contributed by atoms with Gasteiger partial charge in [-0.25, -0.2) is 4.79 Å². The molecular formula is C20H24O3. The molecule has 0 fully saturated rings. The summed E-state index contributed by atoms with van der Waals surface area (Å²) in [6, 6.07) is 10.1. The van der Waals surface area contributed by atoms with E-state index < -0.39 is 12.1 Å². The molecule has 2 aromatic rings. The molecule has 1 N–H and O–H groups in total. The van der Waals surface area contributed by atoms with E-state index in [0.29, 0.717) is 12.2 Å². The summed E-state index contributed by atoms with van der Waals surface area (Å²) in [6.45, 7) is 9.96. The number of aliphatic carboxylic acids is 1. The van der Waals surface area contributed by atoms with Crippen molar-refractivity contribution in [2.45, 2.75) is 47.1 Å². The summed E-state index contributed by atoms with van der Waals surface area (Å²) in [4.78, 5) is 11.7. The van der Waals surface area contributed by atoms with E-state index in [1.165, 1.54) is 0 Å². The number of rotatable bonds is 5. The van der Waals surface area contributed by atoms with Crippen molar-refractivity contribution < 1.29 is 14.6 Å². The van der Waals surface area contributed by atoms with E-state index in [0.717, 1.165) is 33.4 Å². The van der Waals surface area contributed by atoms with E-state index in [1.54, 1.807) is 0 Å². The molecular weight excluding hydrogens is 288 g/mol. The molecule has 0 saturated carbocycles. The number of carboxylic acids is 1. The summed E-state index contributed by atoms with van der Waals surface area (Å²) in [5.41, 5.74) is 6.39. The van der Waals surface area contributed by atoms with Crippen molar-refractivity contribution in [2.24, 2.45) is 0 Å². The van der Waals surface area contributed by atoms with Gasteiger partial charge in [0.2, 0.25) is 0 Å². The summed E-state index contributed by atoms with van der Waals surface area (Å²) in [5, 5.41) is 9.56. The molecule has 0 aliphatic heterocycles. The Hall–Kier alpha value is -2.29. The number of aryl methyl sites for hydroxylation is 4. The largest absolute Gasteiger partial charge is 0.478 e. The van der Waals surface area contributed by atoms with Crippen molar-refractivity contribution >= 4 is 5.97 Å². The molecule has 2 aromatic carbocycles. The molecule has 3 heteroatoms. The smallest absolute Gasteiger partial charge is 0.345 e. The fraction of sp³-hybridized carbons (Fsp3) is 0.350. The minimum absolute atomic E-state index is 0.356. The molecule has 0 saturated heterocycles. The third-order valence-electron chi connectivity index (χ3n) is 4.22. The van der Waals surface area contributed by atoms with Crippen LogP contribution in [0.25, 0.3) is 0 Å². The van der Waals surface area contributed by atoms with Crippen molar-refractivity contribution in [3.63, 3.8) is 0 Å². The first kappa shape index (κ1) is 17.1. The summed E-state index contributed by atoms with van der Waals surface area (Å²) >= 11 is 0. The van der Waals surface area contributed by atoms with Gasteiger partial charge in [-0.3, -0.25) is 0 Å². The first-order chi connectivity index (χ1) is 10.8. The second-order valence-electron chi connectivity index (χ2n) is 6.28. The lowest BCUT2D eigenvalue weighted by Crippen LogP contribution is -2.30. The fourth-order valence-corrected chi connectivity index (χ4v) is 2.68. The molecule has 1 atom stereocenters. The standard InChI is InChI=1S/C20H24O3/c1-12-6-7-14(3)17(9-12)11-19(20(21)22)23-18-10-13(2)8-15(4)16(18)5/h6-10,19H,11H2,1-5H3,(H,21,22)/t19-/m0/s1. The van der Waals surface area contributed by atoms with Crippen LogP contribution in [0.3, 0.4) is 0 Å². The highest BCUT2D eigenvalue weighted by Gasteiger charge is 2.22. The molecule has 0 heterocycles. The first-order valence-electron chi connectivity index (χ1n) is 7.81. The molecule has 0 spiro atoms. The highest BCUT2D eigenvalue weighted by molar-refractivity contribution is 5.73. The van der Waals surface area contributed by atoms with Crippen LogP contribution in [0.2, 0.25) is 0 Å². The summed E-state index contributed by atoms with van der Waals surface area (Å²) < 4.78 is 5.87. The number of ether oxygens (including phenoxy) is 1. The molecule has 0 radical (unpaired) electrons. The Morgan fingerprint density at radius 2 is 1.70 bits per heavy atom. The normalized spacial score (nSPS) is 12.0. The monoisotopic (exact) mass is 312 g/mol. The van der Waals surface area contributed by atoms with Crippen LogP contribution < -0.4 is 4.74 Å². The lowest BCUT2D eigenvalue weighted by Gasteiger charge is -2.19. The minimum Gasteiger partial charge on any atom is -0.478 e. The first-order valence-corrected chi connectivity index (χ1v) is 7.81. The van der Waals surface area contributed by atoms with Crippen LogP contribution in [0, 0.1) is 34.6 Å². The van der Waals surface area contributed by atoms with Crippen molar-refractivity contribution in [1.29, 1.82) is 0 Å². The van der Waals surface area contributed by atoms with Gasteiger partial charge in [0.1, 0.15) is 5.75 Å². The highest BCUT2D eigenvalue weighted by atomic mass is 16.5. The number of hydrogen-bond donors (Lipinski definition) is 1. The summed E-state index contributed by atoms with van der Waals surface area (Å²) in [5.74, 6) is -0.287. The molecule has 0 unspecified atom stereocenters. The van der Waals surface area contributed by atoms with Crippen molar-refractivity contribution in [3.05, 3.63) is 63.7 Å². The molecule has 0 amide bonds. The van der Waals surface area contributed by atoms with Crippen molar-refractivity contribution in [1.82, 2.24) is 0 Å². The van der Waals surface area contributed by atoms with Crippen LogP contribution in [-0.4, -0.2) is 17.2 Å². The zero-order valence-electron chi connectivity index (χ0n) is 14.4. The van der Waals surface area contributed by atoms with E-state index in [2.05, 4.69) is 6.07 Å². The quantitative estimate of drug-likeness (QED) is 0.895. The number of carboxylic acid groups (broad SMARTS) is 1. The lowest BCUT2D eigenvalue weighted by atomic mass is 10.00. The molecule has 0 aliphatic rings. The van der Waals surface area contributed by atoms with Crippen LogP contribution >= 0.6 is 0 Å². The van der Waals surface area contributed by atoms with Crippen molar-refractivity contribution in [3.8, 4) is 5.75 Å². The second-order valence-corrected chi connectivity index (χ2v) is 6.28. The maximum atomic E-state index is 11.7. The molecule has 122 valence electrons. The van der Waals surface area contributed by atoms with Crippen molar-refractivity contribution in [2.75, 3.05) is 0 Å². The van der Waals surface area contributed by atoms with Gasteiger partial charge in [0, 0.05) is 6.42 Å². The van der Waals surface area contributed by atoms with Gasteiger partial charge < -0.3 is 9.84 Å².